The highest BCUT2D eigenvalue weighted by molar-refractivity contribution is 6.74. The Kier molecular flexibility index (Phi) is 16.9. The Hall–Kier alpha value is -3.21. The molecule has 0 spiro atoms. The van der Waals surface area contributed by atoms with Crippen LogP contribution >= 0.6 is 0 Å². The van der Waals surface area contributed by atoms with E-state index in [9.17, 15) is 29.4 Å². The molecule has 1 aromatic carbocycles. The number of amides is 1. The van der Waals surface area contributed by atoms with E-state index >= 15 is 0 Å². The van der Waals surface area contributed by atoms with Gasteiger partial charge in [-0.25, -0.2) is 4.79 Å². The molecule has 1 saturated heterocycles. The van der Waals surface area contributed by atoms with E-state index in [2.05, 4.69) is 78.4 Å². The number of hydrogen-bond donors (Lipinski definition) is 5. The molecular weight excluding hydrogens is 807 g/mol. The van der Waals surface area contributed by atoms with E-state index in [1.165, 1.54) is 23.8 Å². The van der Waals surface area contributed by atoms with Crippen molar-refractivity contribution in [1.82, 2.24) is 19.8 Å². The molecule has 1 aliphatic rings. The average molecular weight is 880 g/mol. The van der Waals surface area contributed by atoms with Gasteiger partial charge in [-0.1, -0.05) is 53.7 Å². The van der Waals surface area contributed by atoms with Crippen molar-refractivity contribution in [3.63, 3.8) is 0 Å². The number of ether oxygens (including phenoxy) is 3. The molecule has 0 saturated carbocycles. The molecule has 340 valence electrons. The summed E-state index contributed by atoms with van der Waals surface area (Å²) in [6.45, 7) is 27.6. The van der Waals surface area contributed by atoms with E-state index in [1.54, 1.807) is 52.1 Å². The highest BCUT2D eigenvalue weighted by Crippen LogP contribution is 2.46. The van der Waals surface area contributed by atoms with Crippen LogP contribution in [0.25, 0.3) is 0 Å². The Morgan fingerprint density at radius 1 is 0.883 bits per heavy atom. The second kappa shape index (κ2) is 19.9. The highest BCUT2D eigenvalue weighted by Gasteiger charge is 2.57. The van der Waals surface area contributed by atoms with E-state index in [0.717, 1.165) is 4.57 Å². The molecule has 16 nitrogen and oxygen atoms in total. The monoisotopic (exact) mass is 879 g/mol. The molecule has 60 heavy (non-hydrogen) atoms. The molecular formula is C42H73N5O11Si2. The third kappa shape index (κ3) is 12.9. The number of benzene rings is 1. The van der Waals surface area contributed by atoms with E-state index in [1.807, 2.05) is 0 Å². The molecule has 3 rings (SSSR count). The van der Waals surface area contributed by atoms with Gasteiger partial charge in [-0.2, -0.15) is 0 Å². The minimum absolute atomic E-state index is 0.0328. The normalized spacial score (nSPS) is 21.2. The fourth-order valence-corrected chi connectivity index (χ4v) is 8.62. The molecule has 1 aromatic heterocycles. The Labute approximate surface area is 357 Å². The number of esters is 1. The van der Waals surface area contributed by atoms with Gasteiger partial charge >= 0.3 is 11.7 Å². The van der Waals surface area contributed by atoms with Gasteiger partial charge in [0.25, 0.3) is 5.56 Å². The Bertz CT molecular complexity index is 1860. The number of methoxy groups -OCH3 is 1. The third-order valence-electron chi connectivity index (χ3n) is 11.7. The number of carbonyl (C=O) groups excluding carboxylic acids is 2. The van der Waals surface area contributed by atoms with Crippen LogP contribution in [-0.4, -0.2) is 116 Å². The molecule has 1 amide bonds. The summed E-state index contributed by atoms with van der Waals surface area (Å²) in [6, 6.07) is 5.88. The maximum absolute atomic E-state index is 14.5. The van der Waals surface area contributed by atoms with Crippen molar-refractivity contribution in [2.75, 3.05) is 20.2 Å². The maximum atomic E-state index is 14.5. The third-order valence-corrected chi connectivity index (χ3v) is 20.7. The standard InChI is InChI=1S/C42H73N5O11Si2/c1-26(48)30(43)36(51)45-23-16-22-44-31(38(52)56-40(2,3)4)32(50)33-34(57-59(12,13)41(5,6)7)35(58-60(14,15)42(8,9)10)37(55-33)46-24-21-29(49)47(39(46)53)25-27-17-19-28(54-11)20-18-27/h17-21,24,26,30-35,37,44,48,50H,16,22-23,25,43H2,1-15H3,(H,45,51)/t26-,30-,31-,32-,33?,34+,35+,37+/m0/s1. The molecule has 8 atom stereocenters. The molecule has 1 aliphatic heterocycles. The minimum atomic E-state index is -2.72. The lowest BCUT2D eigenvalue weighted by atomic mass is 9.99. The smallest absolute Gasteiger partial charge is 0.333 e. The van der Waals surface area contributed by atoms with Crippen LogP contribution < -0.4 is 32.4 Å². The molecule has 1 fully saturated rings. The van der Waals surface area contributed by atoms with Crippen LogP contribution in [0, 0.1) is 0 Å². The lowest BCUT2D eigenvalue weighted by Gasteiger charge is -2.44. The second-order valence-corrected chi connectivity index (χ2v) is 29.3. The quantitative estimate of drug-likeness (QED) is 0.0824. The predicted octanol–water partition coefficient (Wildman–Crippen LogP) is 3.62. The van der Waals surface area contributed by atoms with Gasteiger partial charge in [0.05, 0.1) is 19.8 Å². The Balaban J connectivity index is 2.20. The van der Waals surface area contributed by atoms with Crippen molar-refractivity contribution in [3.8, 4) is 5.75 Å². The second-order valence-electron chi connectivity index (χ2n) is 19.8. The van der Waals surface area contributed by atoms with Gasteiger partial charge in [-0.05, 0) is 94.6 Å². The summed E-state index contributed by atoms with van der Waals surface area (Å²) in [4.78, 5) is 54.2. The van der Waals surface area contributed by atoms with Crippen LogP contribution in [0.1, 0.15) is 87.4 Å². The zero-order valence-electron chi connectivity index (χ0n) is 38.5. The number of nitrogens with zero attached hydrogens (tertiary/aromatic N) is 2. The predicted molar refractivity (Wildman–Crippen MR) is 236 cm³/mol. The van der Waals surface area contributed by atoms with E-state index < -0.39 is 94.2 Å². The number of carbonyl (C=O) groups is 2. The van der Waals surface area contributed by atoms with Crippen LogP contribution in [0.3, 0.4) is 0 Å². The molecule has 0 bridgehead atoms. The van der Waals surface area contributed by atoms with E-state index in [-0.39, 0.29) is 29.7 Å². The molecule has 0 radical (unpaired) electrons. The molecule has 0 aliphatic carbocycles. The number of aliphatic hydroxyl groups excluding tert-OH is 2. The molecule has 2 aromatic rings. The minimum Gasteiger partial charge on any atom is -0.497 e. The van der Waals surface area contributed by atoms with Gasteiger partial charge in [-0.15, -0.1) is 0 Å². The van der Waals surface area contributed by atoms with Crippen molar-refractivity contribution in [3.05, 3.63) is 62.9 Å². The summed E-state index contributed by atoms with van der Waals surface area (Å²) >= 11 is 0. The molecule has 1 unspecified atom stereocenters. The number of rotatable bonds is 18. The van der Waals surface area contributed by atoms with Gasteiger partial charge in [0.1, 0.15) is 47.9 Å². The first kappa shape index (κ1) is 51.1. The summed E-state index contributed by atoms with van der Waals surface area (Å²) in [5, 5.41) is 27.4. The zero-order chi connectivity index (χ0) is 45.8. The van der Waals surface area contributed by atoms with Crippen LogP contribution in [0.2, 0.25) is 36.3 Å². The van der Waals surface area contributed by atoms with Gasteiger partial charge in [0.15, 0.2) is 22.9 Å². The van der Waals surface area contributed by atoms with Crippen molar-refractivity contribution in [2.24, 2.45) is 5.73 Å². The fourth-order valence-electron chi connectivity index (χ4n) is 6.03. The summed E-state index contributed by atoms with van der Waals surface area (Å²) in [6.07, 6.45) is -5.36. The van der Waals surface area contributed by atoms with Gasteiger partial charge in [0, 0.05) is 18.8 Å². The largest absolute Gasteiger partial charge is 0.497 e. The summed E-state index contributed by atoms with van der Waals surface area (Å²) in [7, 11) is -3.88. The zero-order valence-corrected chi connectivity index (χ0v) is 40.5. The number of nitrogens with two attached hydrogens (primary N) is 1. The van der Waals surface area contributed by atoms with Crippen molar-refractivity contribution >= 4 is 28.5 Å². The highest BCUT2D eigenvalue weighted by atomic mass is 28.4. The molecule has 6 N–H and O–H groups in total. The topological polar surface area (TPSA) is 215 Å². The van der Waals surface area contributed by atoms with E-state index in [4.69, 9.17) is 28.8 Å². The van der Waals surface area contributed by atoms with E-state index in [0.29, 0.717) is 17.7 Å². The first-order valence-corrected chi connectivity index (χ1v) is 26.6. The van der Waals surface area contributed by atoms with Crippen LogP contribution in [0.15, 0.2) is 46.1 Å². The van der Waals surface area contributed by atoms with Gasteiger partial charge < -0.3 is 49.6 Å². The maximum Gasteiger partial charge on any atom is 0.333 e. The number of aromatic nitrogens is 2. The van der Waals surface area contributed by atoms with Crippen LogP contribution in [-0.2, 0) is 34.5 Å². The van der Waals surface area contributed by atoms with Crippen molar-refractivity contribution in [1.29, 1.82) is 0 Å². The van der Waals surface area contributed by atoms with Crippen LogP contribution in [0.5, 0.6) is 5.75 Å². The average Bonchev–Trinajstić information content (AvgIpc) is 3.44. The van der Waals surface area contributed by atoms with Gasteiger partial charge in [-0.3, -0.25) is 23.5 Å². The first-order valence-electron chi connectivity index (χ1n) is 20.7. The fraction of sp³-hybridized carbons (Fsp3) is 0.714. The Morgan fingerprint density at radius 3 is 1.93 bits per heavy atom. The number of hydrogen-bond acceptors (Lipinski definition) is 13. The summed E-state index contributed by atoms with van der Waals surface area (Å²) in [5.74, 6) is -0.647. The molecule has 2 heterocycles. The number of aliphatic hydroxyl groups is 2. The lowest BCUT2D eigenvalue weighted by Crippen LogP contribution is -2.59. The first-order chi connectivity index (χ1) is 27.4. The van der Waals surface area contributed by atoms with Crippen molar-refractivity contribution < 1.29 is 42.9 Å². The van der Waals surface area contributed by atoms with Crippen LogP contribution in [0.4, 0.5) is 0 Å². The SMILES string of the molecule is COc1ccc(Cn2c(=O)ccn([C@@H]3OC([C@@H](O)[C@H](NCCCNC(=O)[C@@H](N)[C@H](C)O)C(=O)OC(C)(C)C)[C@@H](O[Si](C)(C)C(C)(C)C)[C@H]3O[Si](C)(C)C(C)(C)C)c2=O)cc1. The molecule has 18 heteroatoms. The van der Waals surface area contributed by atoms with Crippen molar-refractivity contribution in [2.45, 2.75) is 173 Å². The number of nitrogens with one attached hydrogen (secondary N) is 2. The summed E-state index contributed by atoms with van der Waals surface area (Å²) in [5.41, 5.74) is 4.36. The lowest BCUT2D eigenvalue weighted by molar-refractivity contribution is -0.166. The summed E-state index contributed by atoms with van der Waals surface area (Å²) < 4.78 is 34.7. The van der Waals surface area contributed by atoms with Gasteiger partial charge in [0.2, 0.25) is 5.91 Å². The Morgan fingerprint density at radius 2 is 1.43 bits per heavy atom.